The number of hydrogen-bond donors (Lipinski definition) is 3. The van der Waals surface area contributed by atoms with Gasteiger partial charge in [0.2, 0.25) is 0 Å². The number of amides is 1. The molecule has 1 heterocycles. The van der Waals surface area contributed by atoms with Crippen molar-refractivity contribution in [1.82, 2.24) is 5.43 Å². The van der Waals surface area contributed by atoms with Crippen LogP contribution in [-0.2, 0) is 5.75 Å². The van der Waals surface area contributed by atoms with Crippen LogP contribution in [0.5, 0.6) is 0 Å². The number of carbonyl (C=O) groups excluding carboxylic acids is 1. The number of nitrogens with two attached hydrogens (primary N) is 2. The van der Waals surface area contributed by atoms with Crippen LogP contribution in [0.25, 0.3) is 0 Å². The molecule has 0 fully saturated rings. The molecule has 0 aliphatic rings. The van der Waals surface area contributed by atoms with E-state index in [1.807, 2.05) is 5.43 Å². The summed E-state index contributed by atoms with van der Waals surface area (Å²) in [5.74, 6) is 5.51. The normalized spacial score (nSPS) is 10.6. The maximum Gasteiger partial charge on any atom is 0.301 e. The van der Waals surface area contributed by atoms with Gasteiger partial charge in [0.1, 0.15) is 11.6 Å². The molecular weight excluding hydrogens is 281 g/mol. The van der Waals surface area contributed by atoms with Crippen molar-refractivity contribution in [3.8, 4) is 0 Å². The van der Waals surface area contributed by atoms with E-state index in [1.54, 1.807) is 19.1 Å². The maximum absolute atomic E-state index is 12.9. The van der Waals surface area contributed by atoms with E-state index in [0.717, 1.165) is 4.90 Å². The molecule has 0 aliphatic heterocycles. The summed E-state index contributed by atoms with van der Waals surface area (Å²) in [6, 6.07) is 5.98. The Bertz CT molecular complexity index is 643. The Morgan fingerprint density at radius 3 is 2.85 bits per heavy atom. The standard InChI is InChI=1S/C13H14FN3O2S/c1-7-4-9(19-12(7)13(18)17-16)6-20-11-3-2-8(14)5-10(11)15/h2-5H,6,15-16H2,1H3,(H,17,18). The number of benzene rings is 1. The summed E-state index contributed by atoms with van der Waals surface area (Å²) >= 11 is 1.40. The Kier molecular flexibility index (Phi) is 4.31. The van der Waals surface area contributed by atoms with E-state index in [4.69, 9.17) is 16.0 Å². The second-order valence-corrected chi connectivity index (χ2v) is 5.19. The van der Waals surface area contributed by atoms with Gasteiger partial charge in [-0.3, -0.25) is 10.2 Å². The van der Waals surface area contributed by atoms with Crippen molar-refractivity contribution in [2.24, 2.45) is 5.84 Å². The SMILES string of the molecule is Cc1cc(CSc2ccc(F)cc2N)oc1C(=O)NN. The zero-order valence-corrected chi connectivity index (χ0v) is 11.6. The highest BCUT2D eigenvalue weighted by Crippen LogP contribution is 2.29. The van der Waals surface area contributed by atoms with E-state index in [1.165, 1.54) is 23.9 Å². The predicted molar refractivity (Wildman–Crippen MR) is 75.5 cm³/mol. The first-order chi connectivity index (χ1) is 9.51. The number of rotatable bonds is 4. The smallest absolute Gasteiger partial charge is 0.301 e. The van der Waals surface area contributed by atoms with Crippen molar-refractivity contribution in [1.29, 1.82) is 0 Å². The number of nitrogens with one attached hydrogen (secondary N) is 1. The zero-order chi connectivity index (χ0) is 14.7. The van der Waals surface area contributed by atoms with Crippen LogP contribution >= 0.6 is 11.8 Å². The van der Waals surface area contributed by atoms with Gasteiger partial charge in [-0.05, 0) is 31.2 Å². The number of hydrogen-bond acceptors (Lipinski definition) is 5. The maximum atomic E-state index is 12.9. The molecule has 0 spiro atoms. The van der Waals surface area contributed by atoms with Crippen LogP contribution in [0.2, 0.25) is 0 Å². The number of anilines is 1. The molecule has 2 rings (SSSR count). The number of halogens is 1. The summed E-state index contributed by atoms with van der Waals surface area (Å²) in [4.78, 5) is 12.2. The number of hydrazine groups is 1. The van der Waals surface area contributed by atoms with Crippen molar-refractivity contribution >= 4 is 23.4 Å². The van der Waals surface area contributed by atoms with E-state index < -0.39 is 5.91 Å². The summed E-state index contributed by atoms with van der Waals surface area (Å²) in [7, 11) is 0. The van der Waals surface area contributed by atoms with E-state index in [0.29, 0.717) is 22.8 Å². The van der Waals surface area contributed by atoms with E-state index in [2.05, 4.69) is 0 Å². The second-order valence-electron chi connectivity index (χ2n) is 4.17. The van der Waals surface area contributed by atoms with Gasteiger partial charge >= 0.3 is 5.91 Å². The molecule has 1 amide bonds. The molecule has 0 unspecified atom stereocenters. The van der Waals surface area contributed by atoms with Crippen LogP contribution in [0.3, 0.4) is 0 Å². The van der Waals surface area contributed by atoms with Gasteiger partial charge < -0.3 is 10.2 Å². The zero-order valence-electron chi connectivity index (χ0n) is 10.8. The van der Waals surface area contributed by atoms with Crippen LogP contribution in [0.1, 0.15) is 21.9 Å². The number of carbonyl (C=O) groups is 1. The molecule has 0 saturated carbocycles. The van der Waals surface area contributed by atoms with Gasteiger partial charge in [-0.1, -0.05) is 0 Å². The Labute approximate surface area is 119 Å². The van der Waals surface area contributed by atoms with Gasteiger partial charge in [-0.25, -0.2) is 10.2 Å². The van der Waals surface area contributed by atoms with Gasteiger partial charge in [-0.15, -0.1) is 11.8 Å². The third-order valence-corrected chi connectivity index (χ3v) is 3.76. The summed E-state index contributed by atoms with van der Waals surface area (Å²) in [5.41, 5.74) is 8.82. The number of aryl methyl sites for hydroxylation is 1. The summed E-state index contributed by atoms with van der Waals surface area (Å²) in [6.07, 6.45) is 0. The predicted octanol–water partition coefficient (Wildman–Crippen LogP) is 2.21. The molecular formula is C13H14FN3O2S. The summed E-state index contributed by atoms with van der Waals surface area (Å²) in [6.45, 7) is 1.76. The molecule has 5 nitrogen and oxygen atoms in total. The fourth-order valence-corrected chi connectivity index (χ4v) is 2.54. The fraction of sp³-hybridized carbons (Fsp3) is 0.154. The third-order valence-electron chi connectivity index (χ3n) is 2.65. The Morgan fingerprint density at radius 1 is 1.45 bits per heavy atom. The van der Waals surface area contributed by atoms with Crippen LogP contribution in [0, 0.1) is 12.7 Å². The monoisotopic (exact) mass is 295 g/mol. The van der Waals surface area contributed by atoms with E-state index in [9.17, 15) is 9.18 Å². The minimum absolute atomic E-state index is 0.190. The minimum atomic E-state index is -0.472. The van der Waals surface area contributed by atoms with Crippen molar-refractivity contribution in [3.05, 3.63) is 47.2 Å². The van der Waals surface area contributed by atoms with Crippen LogP contribution < -0.4 is 17.0 Å². The highest BCUT2D eigenvalue weighted by atomic mass is 32.2. The Morgan fingerprint density at radius 2 is 2.20 bits per heavy atom. The van der Waals surface area contributed by atoms with Gasteiger partial charge in [0.25, 0.3) is 0 Å². The molecule has 5 N–H and O–H groups in total. The molecule has 1 aromatic carbocycles. The molecule has 20 heavy (non-hydrogen) atoms. The second kappa shape index (κ2) is 5.98. The molecule has 0 atom stereocenters. The molecule has 2 aromatic rings. The number of nitrogen functional groups attached to an aromatic ring is 2. The molecule has 7 heteroatoms. The van der Waals surface area contributed by atoms with Crippen LogP contribution in [0.15, 0.2) is 33.6 Å². The Hall–Kier alpha value is -1.99. The van der Waals surface area contributed by atoms with Crippen LogP contribution in [-0.4, -0.2) is 5.91 Å². The third kappa shape index (κ3) is 3.12. The van der Waals surface area contributed by atoms with Gasteiger partial charge in [0.15, 0.2) is 5.76 Å². The molecule has 1 aromatic heterocycles. The van der Waals surface area contributed by atoms with Crippen molar-refractivity contribution in [2.45, 2.75) is 17.6 Å². The average molecular weight is 295 g/mol. The lowest BCUT2D eigenvalue weighted by molar-refractivity contribution is 0.0923. The van der Waals surface area contributed by atoms with Gasteiger partial charge in [0, 0.05) is 16.1 Å². The highest BCUT2D eigenvalue weighted by Gasteiger charge is 2.15. The molecule has 106 valence electrons. The molecule has 0 aliphatic carbocycles. The summed E-state index contributed by atoms with van der Waals surface area (Å²) < 4.78 is 18.4. The fourth-order valence-electron chi connectivity index (χ4n) is 1.71. The lowest BCUT2D eigenvalue weighted by atomic mass is 10.2. The Balaban J connectivity index is 2.09. The van der Waals surface area contributed by atoms with Crippen LogP contribution in [0.4, 0.5) is 10.1 Å². The molecule has 0 radical (unpaired) electrons. The molecule has 0 bridgehead atoms. The number of thioether (sulfide) groups is 1. The van der Waals surface area contributed by atoms with Gasteiger partial charge in [0.05, 0.1) is 5.75 Å². The largest absolute Gasteiger partial charge is 0.455 e. The van der Waals surface area contributed by atoms with Gasteiger partial charge in [-0.2, -0.15) is 0 Å². The minimum Gasteiger partial charge on any atom is -0.455 e. The average Bonchev–Trinajstić information content (AvgIpc) is 2.78. The number of furan rings is 1. The lowest BCUT2D eigenvalue weighted by Gasteiger charge is -2.03. The quantitative estimate of drug-likeness (QED) is 0.264. The first kappa shape index (κ1) is 14.4. The topological polar surface area (TPSA) is 94.3 Å². The first-order valence-electron chi connectivity index (χ1n) is 5.79. The lowest BCUT2D eigenvalue weighted by Crippen LogP contribution is -2.30. The first-order valence-corrected chi connectivity index (χ1v) is 6.78. The van der Waals surface area contributed by atoms with Crippen molar-refractivity contribution < 1.29 is 13.6 Å². The van der Waals surface area contributed by atoms with E-state index >= 15 is 0 Å². The van der Waals surface area contributed by atoms with Crippen molar-refractivity contribution in [3.63, 3.8) is 0 Å². The summed E-state index contributed by atoms with van der Waals surface area (Å²) in [5, 5.41) is 0. The molecule has 0 saturated heterocycles. The van der Waals surface area contributed by atoms with Crippen molar-refractivity contribution in [2.75, 3.05) is 5.73 Å². The van der Waals surface area contributed by atoms with E-state index in [-0.39, 0.29) is 11.6 Å². The highest BCUT2D eigenvalue weighted by molar-refractivity contribution is 7.98.